The predicted molar refractivity (Wildman–Crippen MR) is 66.8 cm³/mol. The van der Waals surface area contributed by atoms with Crippen molar-refractivity contribution in [1.82, 2.24) is 20.1 Å². The molecule has 2 aliphatic rings. The molecule has 1 N–H and O–H groups in total. The molecule has 1 saturated carbocycles. The summed E-state index contributed by atoms with van der Waals surface area (Å²) in [6.45, 7) is 5.41. The fourth-order valence-electron chi connectivity index (χ4n) is 3.73. The Hall–Kier alpha value is -0.900. The number of aromatic nitrogens is 3. The van der Waals surface area contributed by atoms with Crippen LogP contribution in [0.1, 0.15) is 50.8 Å². The summed E-state index contributed by atoms with van der Waals surface area (Å²) < 4.78 is 2.22. The van der Waals surface area contributed by atoms with Crippen molar-refractivity contribution >= 4 is 0 Å². The molecule has 1 spiro atoms. The molecule has 4 heteroatoms. The number of hydrogen-bond donors (Lipinski definition) is 1. The van der Waals surface area contributed by atoms with Crippen LogP contribution in [0.3, 0.4) is 0 Å². The van der Waals surface area contributed by atoms with Crippen LogP contribution >= 0.6 is 0 Å². The van der Waals surface area contributed by atoms with E-state index in [-0.39, 0.29) is 0 Å². The molecule has 1 aliphatic heterocycles. The van der Waals surface area contributed by atoms with E-state index in [9.17, 15) is 0 Å². The lowest BCUT2D eigenvalue weighted by atomic mass is 9.67. The highest BCUT2D eigenvalue weighted by molar-refractivity contribution is 5.11. The molecular formula is C13H22N4. The monoisotopic (exact) mass is 234 g/mol. The number of nitrogens with one attached hydrogen (secondary N) is 1. The summed E-state index contributed by atoms with van der Waals surface area (Å²) in [5.41, 5.74) is 0.470. The van der Waals surface area contributed by atoms with Crippen LogP contribution in [0.2, 0.25) is 0 Å². The molecule has 2 heterocycles. The third-order valence-electron chi connectivity index (χ3n) is 4.71. The van der Waals surface area contributed by atoms with Crippen molar-refractivity contribution in [2.75, 3.05) is 13.1 Å². The highest BCUT2D eigenvalue weighted by Crippen LogP contribution is 2.48. The van der Waals surface area contributed by atoms with Crippen molar-refractivity contribution in [3.8, 4) is 0 Å². The Bertz CT molecular complexity index is 379. The van der Waals surface area contributed by atoms with Gasteiger partial charge in [-0.3, -0.25) is 0 Å². The van der Waals surface area contributed by atoms with E-state index in [1.165, 1.54) is 44.5 Å². The maximum absolute atomic E-state index is 4.39. The van der Waals surface area contributed by atoms with Gasteiger partial charge in [-0.15, -0.1) is 10.2 Å². The van der Waals surface area contributed by atoms with Crippen molar-refractivity contribution in [2.24, 2.45) is 5.41 Å². The maximum Gasteiger partial charge on any atom is 0.137 e. The summed E-state index contributed by atoms with van der Waals surface area (Å²) in [6.07, 6.45) is 8.79. The van der Waals surface area contributed by atoms with Crippen LogP contribution < -0.4 is 5.32 Å². The molecule has 0 radical (unpaired) electrons. The first kappa shape index (κ1) is 11.2. The molecule has 1 saturated heterocycles. The Balaban J connectivity index is 1.91. The van der Waals surface area contributed by atoms with Crippen LogP contribution in [0.25, 0.3) is 0 Å². The lowest BCUT2D eigenvalue weighted by molar-refractivity contribution is 0.182. The summed E-state index contributed by atoms with van der Waals surface area (Å²) in [5.74, 6) is 1.78. The predicted octanol–water partition coefficient (Wildman–Crippen LogP) is 1.94. The highest BCUT2D eigenvalue weighted by Gasteiger charge is 2.45. The summed E-state index contributed by atoms with van der Waals surface area (Å²) >= 11 is 0. The number of aryl methyl sites for hydroxylation is 1. The molecule has 0 aromatic carbocycles. The van der Waals surface area contributed by atoms with Gasteiger partial charge in [-0.2, -0.15) is 0 Å². The van der Waals surface area contributed by atoms with E-state index >= 15 is 0 Å². The topological polar surface area (TPSA) is 42.7 Å². The fourth-order valence-corrected chi connectivity index (χ4v) is 3.73. The minimum Gasteiger partial charge on any atom is -0.318 e. The van der Waals surface area contributed by atoms with Gasteiger partial charge in [0.1, 0.15) is 12.2 Å². The third kappa shape index (κ3) is 1.79. The molecular weight excluding hydrogens is 212 g/mol. The fraction of sp³-hybridized carbons (Fsp3) is 0.846. The summed E-state index contributed by atoms with van der Waals surface area (Å²) in [4.78, 5) is 0. The zero-order chi connectivity index (χ0) is 11.7. The molecule has 4 nitrogen and oxygen atoms in total. The van der Waals surface area contributed by atoms with Gasteiger partial charge in [0.2, 0.25) is 0 Å². The molecule has 1 aromatic heterocycles. The van der Waals surface area contributed by atoms with Crippen molar-refractivity contribution in [3.05, 3.63) is 12.2 Å². The molecule has 1 aliphatic carbocycles. The summed E-state index contributed by atoms with van der Waals surface area (Å²) in [7, 11) is 0. The van der Waals surface area contributed by atoms with E-state index in [0.29, 0.717) is 11.3 Å². The normalized spacial score (nSPS) is 27.7. The van der Waals surface area contributed by atoms with Gasteiger partial charge in [0.05, 0.1) is 0 Å². The van der Waals surface area contributed by atoms with Gasteiger partial charge in [-0.25, -0.2) is 0 Å². The van der Waals surface area contributed by atoms with E-state index in [1.54, 1.807) is 0 Å². The number of rotatable bonds is 2. The zero-order valence-electron chi connectivity index (χ0n) is 10.7. The van der Waals surface area contributed by atoms with E-state index in [0.717, 1.165) is 13.1 Å². The average Bonchev–Trinajstić information content (AvgIpc) is 2.96. The van der Waals surface area contributed by atoms with E-state index in [1.807, 2.05) is 6.33 Å². The van der Waals surface area contributed by atoms with Gasteiger partial charge in [0.25, 0.3) is 0 Å². The van der Waals surface area contributed by atoms with Gasteiger partial charge in [0.15, 0.2) is 0 Å². The van der Waals surface area contributed by atoms with Gasteiger partial charge in [-0.1, -0.05) is 19.3 Å². The van der Waals surface area contributed by atoms with Crippen LogP contribution in [-0.4, -0.2) is 27.9 Å². The molecule has 0 bridgehead atoms. The molecule has 3 rings (SSSR count). The van der Waals surface area contributed by atoms with Crippen molar-refractivity contribution in [3.63, 3.8) is 0 Å². The van der Waals surface area contributed by atoms with E-state index < -0.39 is 0 Å². The average molecular weight is 234 g/mol. The van der Waals surface area contributed by atoms with Gasteiger partial charge in [-0.05, 0) is 25.2 Å². The molecule has 0 amide bonds. The van der Waals surface area contributed by atoms with Gasteiger partial charge >= 0.3 is 0 Å². The minimum atomic E-state index is 0.470. The van der Waals surface area contributed by atoms with Crippen molar-refractivity contribution < 1.29 is 0 Å². The standard InChI is InChI=1S/C13H22N4/c1-2-17-10-15-16-12(17)11-8-14-9-13(11)6-4-3-5-7-13/h10-11,14H,2-9H2,1H3. The Morgan fingerprint density at radius 3 is 3.00 bits per heavy atom. The Morgan fingerprint density at radius 2 is 2.24 bits per heavy atom. The zero-order valence-corrected chi connectivity index (χ0v) is 10.7. The number of nitrogens with zero attached hydrogens (tertiary/aromatic N) is 3. The van der Waals surface area contributed by atoms with Crippen LogP contribution in [0.15, 0.2) is 6.33 Å². The summed E-state index contributed by atoms with van der Waals surface area (Å²) in [6, 6.07) is 0. The van der Waals surface area contributed by atoms with Crippen LogP contribution in [0.5, 0.6) is 0 Å². The van der Waals surface area contributed by atoms with Crippen LogP contribution in [0, 0.1) is 5.41 Å². The van der Waals surface area contributed by atoms with Crippen molar-refractivity contribution in [1.29, 1.82) is 0 Å². The van der Waals surface area contributed by atoms with E-state index in [2.05, 4.69) is 27.0 Å². The quantitative estimate of drug-likeness (QED) is 0.850. The molecule has 2 fully saturated rings. The van der Waals surface area contributed by atoms with Crippen LogP contribution in [0.4, 0.5) is 0 Å². The van der Waals surface area contributed by atoms with E-state index in [4.69, 9.17) is 0 Å². The van der Waals surface area contributed by atoms with Crippen molar-refractivity contribution in [2.45, 2.75) is 51.5 Å². The molecule has 94 valence electrons. The molecule has 1 aromatic rings. The SMILES string of the molecule is CCn1cnnc1C1CNCC12CCCCC2. The van der Waals surface area contributed by atoms with Gasteiger partial charge in [0, 0.05) is 25.6 Å². The maximum atomic E-state index is 4.39. The number of hydrogen-bond acceptors (Lipinski definition) is 3. The highest BCUT2D eigenvalue weighted by atomic mass is 15.3. The second-order valence-corrected chi connectivity index (χ2v) is 5.58. The first-order valence-corrected chi connectivity index (χ1v) is 6.94. The Labute approximate surface area is 103 Å². The minimum absolute atomic E-state index is 0.470. The largest absolute Gasteiger partial charge is 0.318 e. The lowest BCUT2D eigenvalue weighted by Gasteiger charge is -2.37. The van der Waals surface area contributed by atoms with Gasteiger partial charge < -0.3 is 9.88 Å². The first-order valence-electron chi connectivity index (χ1n) is 6.94. The lowest BCUT2D eigenvalue weighted by Crippen LogP contribution is -2.32. The smallest absolute Gasteiger partial charge is 0.137 e. The second kappa shape index (κ2) is 4.41. The first-order chi connectivity index (χ1) is 8.36. The molecule has 17 heavy (non-hydrogen) atoms. The van der Waals surface area contributed by atoms with Crippen LogP contribution in [-0.2, 0) is 6.54 Å². The Kier molecular flexibility index (Phi) is 2.90. The second-order valence-electron chi connectivity index (χ2n) is 5.58. The third-order valence-corrected chi connectivity index (χ3v) is 4.71. The molecule has 1 unspecified atom stereocenters. The molecule has 1 atom stereocenters. The summed E-state index contributed by atoms with van der Waals surface area (Å²) in [5, 5.41) is 12.1. The Morgan fingerprint density at radius 1 is 1.41 bits per heavy atom.